The van der Waals surface area contributed by atoms with Crippen molar-refractivity contribution in [1.29, 1.82) is 0 Å². The number of carbonyl (C=O) groups is 4. The first-order valence-corrected chi connectivity index (χ1v) is 21.4. The highest BCUT2D eigenvalue weighted by Gasteiger charge is 2.52. The molecule has 3 atom stereocenters. The summed E-state index contributed by atoms with van der Waals surface area (Å²) < 4.78 is 97.9. The Bertz CT molecular complexity index is 2230. The highest BCUT2D eigenvalue weighted by Crippen LogP contribution is 2.37. The van der Waals surface area contributed by atoms with Crippen LogP contribution in [0.1, 0.15) is 94.0 Å². The molecule has 64 heavy (non-hydrogen) atoms. The molecule has 1 aliphatic carbocycles. The SMILES string of the molecule is [B]Cc1cc(C[B])c(C[B])c(C(=O)OC2CC(OC(=O)c3cc(C[B])cc(C[B])c3C[B])C(C(=O)OC(CS(=O)(=O)O)C(F)(F)F)C(OC(=O)c3cc(C[B])cc(C[B])c3C[B])C2)c1. The Kier molecular flexibility index (Phi) is 18.7. The Morgan fingerprint density at radius 2 is 0.922 bits per heavy atom. The fourth-order valence-corrected chi connectivity index (χ4v) is 8.22. The summed E-state index contributed by atoms with van der Waals surface area (Å²) in [6.45, 7) is 0. The van der Waals surface area contributed by atoms with Gasteiger partial charge < -0.3 is 18.9 Å². The van der Waals surface area contributed by atoms with E-state index in [9.17, 15) is 45.3 Å². The topological polar surface area (TPSA) is 160 Å². The molecule has 1 aliphatic rings. The number of ether oxygens (including phenoxy) is 4. The second kappa shape index (κ2) is 22.8. The summed E-state index contributed by atoms with van der Waals surface area (Å²) >= 11 is 0. The zero-order valence-electron chi connectivity index (χ0n) is 34.6. The summed E-state index contributed by atoms with van der Waals surface area (Å²) in [5, 5.41) is 0. The van der Waals surface area contributed by atoms with Crippen molar-refractivity contribution in [2.24, 2.45) is 5.92 Å². The van der Waals surface area contributed by atoms with Gasteiger partial charge in [0.15, 0.2) is 0 Å². The molecule has 18 radical (unpaired) electrons. The molecule has 11 nitrogen and oxygen atoms in total. The second-order valence-corrected chi connectivity index (χ2v) is 16.3. The van der Waals surface area contributed by atoms with E-state index >= 15 is 0 Å². The van der Waals surface area contributed by atoms with Crippen LogP contribution in [0.3, 0.4) is 0 Å². The fourth-order valence-electron chi connectivity index (χ4n) is 7.58. The zero-order valence-corrected chi connectivity index (χ0v) is 35.4. The number of carbonyl (C=O) groups excluding carboxylic acids is 4. The maximum atomic E-state index is 14.3. The van der Waals surface area contributed by atoms with Crippen LogP contribution in [0.25, 0.3) is 0 Å². The Hall–Kier alpha value is -4.18. The van der Waals surface area contributed by atoms with Gasteiger partial charge in [-0.25, -0.2) is 14.4 Å². The van der Waals surface area contributed by atoms with E-state index in [2.05, 4.69) is 0 Å². The third-order valence-electron chi connectivity index (χ3n) is 10.7. The maximum Gasteiger partial charge on any atom is 0.426 e. The van der Waals surface area contributed by atoms with E-state index in [0.717, 1.165) is 0 Å². The minimum Gasteiger partial charge on any atom is -0.458 e. The van der Waals surface area contributed by atoms with E-state index in [1.54, 1.807) is 18.2 Å². The van der Waals surface area contributed by atoms with Crippen molar-refractivity contribution in [2.45, 2.75) is 100 Å². The van der Waals surface area contributed by atoms with E-state index < -0.39 is 89.1 Å². The van der Waals surface area contributed by atoms with Crippen molar-refractivity contribution in [1.82, 2.24) is 0 Å². The van der Waals surface area contributed by atoms with E-state index in [1.165, 1.54) is 18.2 Å². The summed E-state index contributed by atoms with van der Waals surface area (Å²) in [5.74, 6) is -9.63. The second-order valence-electron chi connectivity index (χ2n) is 14.8. The van der Waals surface area contributed by atoms with Crippen molar-refractivity contribution in [3.63, 3.8) is 0 Å². The molecule has 1 N–H and O–H groups in total. The molecule has 316 valence electrons. The largest absolute Gasteiger partial charge is 0.458 e. The lowest BCUT2D eigenvalue weighted by atomic mass is 9.80. The fraction of sp³-hybridized carbons (Fsp3) is 0.450. The van der Waals surface area contributed by atoms with E-state index in [4.69, 9.17) is 89.6 Å². The lowest BCUT2D eigenvalue weighted by Gasteiger charge is -2.39. The molecule has 0 aromatic heterocycles. The van der Waals surface area contributed by atoms with Crippen LogP contribution in [0.5, 0.6) is 0 Å². The van der Waals surface area contributed by atoms with Gasteiger partial charge in [0.25, 0.3) is 10.1 Å². The Morgan fingerprint density at radius 3 is 1.20 bits per heavy atom. The Morgan fingerprint density at radius 1 is 0.578 bits per heavy atom. The van der Waals surface area contributed by atoms with Crippen LogP contribution in [0, 0.1) is 5.92 Å². The molecular weight excluding hydrogens is 843 g/mol. The molecule has 4 rings (SSSR count). The minimum atomic E-state index is -5.58. The van der Waals surface area contributed by atoms with Crippen LogP contribution in [-0.2, 0) is 90.7 Å². The summed E-state index contributed by atoms with van der Waals surface area (Å²) in [4.78, 5) is 56.7. The first-order chi connectivity index (χ1) is 30.2. The summed E-state index contributed by atoms with van der Waals surface area (Å²) in [6, 6.07) is 8.88. The Balaban J connectivity index is 1.94. The first kappa shape index (κ1) is 52.4. The molecule has 0 spiro atoms. The van der Waals surface area contributed by atoms with Crippen LogP contribution in [-0.4, -0.2) is 144 Å². The molecule has 1 fully saturated rings. The summed E-state index contributed by atoms with van der Waals surface area (Å²) in [6.07, 6.45) is -17.0. The standard InChI is InChI=1S/C40H36B9F3O11S/c41-9-19-1-22(12-44)29(15-47)26(4-19)36(53)60-25-7-32(61-37(54)27-5-20(10-42)2-23(13-45)30(27)16-48)35(39(56)63-34(40(50,51)52)18-64(57,58)59)33(8-25)62-38(55)28-6-21(11-43)3-24(14-46)31(28)17-49/h1-6,25,32-35H,7-18H2,(H,57,58,59). The van der Waals surface area contributed by atoms with E-state index in [0.29, 0.717) is 38.9 Å². The number of esters is 4. The maximum absolute atomic E-state index is 14.3. The van der Waals surface area contributed by atoms with Gasteiger partial charge in [-0.05, 0) is 34.9 Å². The monoisotopic (exact) mass is 880 g/mol. The van der Waals surface area contributed by atoms with Crippen LogP contribution in [0.4, 0.5) is 13.2 Å². The number of hydrogen-bond acceptors (Lipinski definition) is 10. The smallest absolute Gasteiger partial charge is 0.426 e. The average Bonchev–Trinajstić information content (AvgIpc) is 3.25. The van der Waals surface area contributed by atoms with Gasteiger partial charge in [0.1, 0.15) is 30.0 Å². The third kappa shape index (κ3) is 12.8. The van der Waals surface area contributed by atoms with Crippen LogP contribution in [0.2, 0.25) is 0 Å². The average molecular weight is 879 g/mol. The van der Waals surface area contributed by atoms with E-state index in [-0.39, 0.29) is 84.7 Å². The lowest BCUT2D eigenvalue weighted by molar-refractivity contribution is -0.223. The van der Waals surface area contributed by atoms with Gasteiger partial charge in [0.2, 0.25) is 6.10 Å². The van der Waals surface area contributed by atoms with Crippen molar-refractivity contribution in [3.05, 3.63) is 103 Å². The molecule has 24 heteroatoms. The van der Waals surface area contributed by atoms with Gasteiger partial charge in [0.05, 0.1) is 87.3 Å². The molecule has 0 amide bonds. The molecule has 0 bridgehead atoms. The van der Waals surface area contributed by atoms with Gasteiger partial charge in [0, 0.05) is 12.8 Å². The molecule has 0 saturated heterocycles. The van der Waals surface area contributed by atoms with Crippen molar-refractivity contribution < 1.29 is 64.3 Å². The molecule has 3 unspecified atom stereocenters. The quantitative estimate of drug-likeness (QED) is 0.0805. The normalized spacial score (nSPS) is 18.1. The van der Waals surface area contributed by atoms with Gasteiger partial charge in [-0.15, -0.1) is 0 Å². The highest BCUT2D eigenvalue weighted by atomic mass is 32.2. The first-order valence-electron chi connectivity index (χ1n) is 19.8. The summed E-state index contributed by atoms with van der Waals surface area (Å²) in [5.41, 5.74) is 2.68. The number of benzene rings is 3. The lowest BCUT2D eigenvalue weighted by Crippen LogP contribution is -2.53. The third-order valence-corrected chi connectivity index (χ3v) is 11.4. The predicted octanol–water partition coefficient (Wildman–Crippen LogP) is 1.45. The summed E-state index contributed by atoms with van der Waals surface area (Å²) in [7, 11) is 47.9. The molecule has 0 aliphatic heterocycles. The number of halogens is 3. The molecule has 0 heterocycles. The molecule has 3 aromatic rings. The van der Waals surface area contributed by atoms with Gasteiger partial charge >= 0.3 is 30.1 Å². The predicted molar refractivity (Wildman–Crippen MR) is 237 cm³/mol. The van der Waals surface area contributed by atoms with Crippen LogP contribution in [0.15, 0.2) is 36.4 Å². The van der Waals surface area contributed by atoms with Gasteiger partial charge in [-0.2, -0.15) is 21.6 Å². The van der Waals surface area contributed by atoms with Gasteiger partial charge in [-0.3, -0.25) is 9.35 Å². The molecule has 1 saturated carbocycles. The van der Waals surface area contributed by atoms with Crippen LogP contribution < -0.4 is 0 Å². The zero-order chi connectivity index (χ0) is 47.7. The number of rotatable bonds is 19. The van der Waals surface area contributed by atoms with Gasteiger partial charge in [-0.1, -0.05) is 108 Å². The number of hydrogen-bond donors (Lipinski definition) is 1. The van der Waals surface area contributed by atoms with Crippen molar-refractivity contribution in [2.75, 3.05) is 5.75 Å². The van der Waals surface area contributed by atoms with Crippen molar-refractivity contribution in [3.8, 4) is 0 Å². The highest BCUT2D eigenvalue weighted by molar-refractivity contribution is 7.85. The molecular formula is C40H36B9F3O11S. The van der Waals surface area contributed by atoms with Crippen molar-refractivity contribution >= 4 is 105 Å². The van der Waals surface area contributed by atoms with E-state index in [1.807, 2.05) is 0 Å². The minimum absolute atomic E-state index is 0.0259. The van der Waals surface area contributed by atoms with Crippen LogP contribution >= 0.6 is 0 Å². The molecule has 3 aromatic carbocycles. The Labute approximate surface area is 382 Å². The number of alkyl halides is 3.